The lowest BCUT2D eigenvalue weighted by molar-refractivity contribution is 0.314. The lowest BCUT2D eigenvalue weighted by Gasteiger charge is -2.19. The molecule has 0 saturated carbocycles. The van der Waals surface area contributed by atoms with E-state index in [4.69, 9.17) is 15.2 Å². The largest absolute Gasteiger partial charge is 0.493 e. The molecular formula is C15H20N2O3. The molecule has 0 amide bonds. The van der Waals surface area contributed by atoms with Crippen molar-refractivity contribution < 1.29 is 9.47 Å². The number of H-pyrrole nitrogens is 1. The molecule has 0 radical (unpaired) electrons. The second-order valence-electron chi connectivity index (χ2n) is 5.23. The maximum Gasteiger partial charge on any atom is 0.253 e. The highest BCUT2D eigenvalue weighted by Gasteiger charge is 2.20. The standard InChI is InChI=1S/C15H20N2O3/c1-5-20-13-11(19-4)7-6-9-8-10(15(2,3)16)14(18)17-12(9)13/h6-8H,5,16H2,1-4H3,(H,17,18). The van der Waals surface area contributed by atoms with Crippen LogP contribution >= 0.6 is 0 Å². The number of ether oxygens (including phenoxy) is 2. The quantitative estimate of drug-likeness (QED) is 0.896. The number of pyridine rings is 1. The summed E-state index contributed by atoms with van der Waals surface area (Å²) < 4.78 is 10.9. The Bertz CT molecular complexity index is 684. The molecule has 2 aromatic rings. The maximum absolute atomic E-state index is 12.2. The minimum atomic E-state index is -0.701. The van der Waals surface area contributed by atoms with Gasteiger partial charge in [0.15, 0.2) is 11.5 Å². The Balaban J connectivity index is 2.77. The Labute approximate surface area is 117 Å². The van der Waals surface area contributed by atoms with E-state index < -0.39 is 5.54 Å². The van der Waals surface area contributed by atoms with Crippen molar-refractivity contribution in [1.82, 2.24) is 4.98 Å². The van der Waals surface area contributed by atoms with Gasteiger partial charge in [0.25, 0.3) is 5.56 Å². The van der Waals surface area contributed by atoms with Gasteiger partial charge in [0.05, 0.1) is 19.2 Å². The van der Waals surface area contributed by atoms with E-state index in [1.54, 1.807) is 27.0 Å². The van der Waals surface area contributed by atoms with Gasteiger partial charge in [-0.1, -0.05) is 0 Å². The van der Waals surface area contributed by atoms with E-state index in [-0.39, 0.29) is 5.56 Å². The minimum Gasteiger partial charge on any atom is -0.493 e. The summed E-state index contributed by atoms with van der Waals surface area (Å²) in [5, 5.41) is 0.863. The summed E-state index contributed by atoms with van der Waals surface area (Å²) in [6.45, 7) is 5.97. The van der Waals surface area contributed by atoms with Gasteiger partial charge in [-0.3, -0.25) is 4.79 Å². The fourth-order valence-electron chi connectivity index (χ4n) is 2.16. The Morgan fingerprint density at radius 2 is 2.05 bits per heavy atom. The number of hydrogen-bond donors (Lipinski definition) is 2. The number of hydrogen-bond acceptors (Lipinski definition) is 4. The van der Waals surface area contributed by atoms with Crippen LogP contribution in [0, 0.1) is 0 Å². The first-order valence-corrected chi connectivity index (χ1v) is 6.54. The molecule has 1 heterocycles. The van der Waals surface area contributed by atoms with Gasteiger partial charge in [0.1, 0.15) is 0 Å². The molecule has 0 saturated heterocycles. The molecule has 5 heteroatoms. The van der Waals surface area contributed by atoms with Crippen molar-refractivity contribution in [2.75, 3.05) is 13.7 Å². The number of nitrogens with one attached hydrogen (secondary N) is 1. The first kappa shape index (κ1) is 14.4. The number of benzene rings is 1. The molecule has 0 aliphatic heterocycles. The normalized spacial score (nSPS) is 11.7. The number of rotatable bonds is 4. The van der Waals surface area contributed by atoms with Crippen molar-refractivity contribution in [2.24, 2.45) is 5.73 Å². The summed E-state index contributed by atoms with van der Waals surface area (Å²) in [7, 11) is 1.57. The first-order valence-electron chi connectivity index (χ1n) is 6.54. The molecule has 0 fully saturated rings. The van der Waals surface area contributed by atoms with Gasteiger partial charge >= 0.3 is 0 Å². The zero-order valence-electron chi connectivity index (χ0n) is 12.2. The lowest BCUT2D eigenvalue weighted by Crippen LogP contribution is -2.35. The van der Waals surface area contributed by atoms with Crippen LogP contribution < -0.4 is 20.8 Å². The van der Waals surface area contributed by atoms with Crippen molar-refractivity contribution in [3.05, 3.63) is 34.1 Å². The monoisotopic (exact) mass is 276 g/mol. The highest BCUT2D eigenvalue weighted by Crippen LogP contribution is 2.34. The summed E-state index contributed by atoms with van der Waals surface area (Å²) in [6, 6.07) is 5.50. The van der Waals surface area contributed by atoms with Gasteiger partial charge in [0, 0.05) is 16.5 Å². The van der Waals surface area contributed by atoms with Crippen molar-refractivity contribution in [1.29, 1.82) is 0 Å². The Morgan fingerprint density at radius 1 is 1.35 bits per heavy atom. The second kappa shape index (κ2) is 5.17. The summed E-state index contributed by atoms with van der Waals surface area (Å²) >= 11 is 0. The van der Waals surface area contributed by atoms with Crippen LogP contribution in [0.15, 0.2) is 23.0 Å². The maximum atomic E-state index is 12.2. The van der Waals surface area contributed by atoms with Gasteiger partial charge in [0.2, 0.25) is 0 Å². The van der Waals surface area contributed by atoms with Crippen LogP contribution in [-0.2, 0) is 5.54 Å². The van der Waals surface area contributed by atoms with Crippen LogP contribution in [0.3, 0.4) is 0 Å². The molecule has 1 aromatic heterocycles. The third-order valence-corrected chi connectivity index (χ3v) is 3.14. The number of fused-ring (bicyclic) bond motifs is 1. The van der Waals surface area contributed by atoms with Gasteiger partial charge in [-0.25, -0.2) is 0 Å². The van der Waals surface area contributed by atoms with Crippen molar-refractivity contribution in [2.45, 2.75) is 26.3 Å². The van der Waals surface area contributed by atoms with Crippen LogP contribution in [0.1, 0.15) is 26.3 Å². The van der Waals surface area contributed by atoms with Crippen LogP contribution in [0.2, 0.25) is 0 Å². The van der Waals surface area contributed by atoms with Gasteiger partial charge < -0.3 is 20.2 Å². The molecule has 0 spiro atoms. The van der Waals surface area contributed by atoms with E-state index in [1.807, 2.05) is 19.1 Å². The SMILES string of the molecule is CCOc1c(OC)ccc2cc(C(C)(C)N)c(=O)[nH]c12. The Kier molecular flexibility index (Phi) is 3.72. The van der Waals surface area contributed by atoms with Crippen LogP contribution in [0.25, 0.3) is 10.9 Å². The van der Waals surface area contributed by atoms with Crippen LogP contribution in [0.5, 0.6) is 11.5 Å². The fraction of sp³-hybridized carbons (Fsp3) is 0.400. The molecule has 0 aliphatic carbocycles. The zero-order chi connectivity index (χ0) is 14.9. The summed E-state index contributed by atoms with van der Waals surface area (Å²) in [5.41, 5.74) is 6.28. The molecule has 0 unspecified atom stereocenters. The van der Waals surface area contributed by atoms with E-state index in [9.17, 15) is 4.79 Å². The highest BCUT2D eigenvalue weighted by molar-refractivity contribution is 5.87. The Hall–Kier alpha value is -2.01. The fourth-order valence-corrected chi connectivity index (χ4v) is 2.16. The average molecular weight is 276 g/mol. The molecular weight excluding hydrogens is 256 g/mol. The highest BCUT2D eigenvalue weighted by atomic mass is 16.5. The molecule has 108 valence electrons. The zero-order valence-corrected chi connectivity index (χ0v) is 12.2. The molecule has 1 aromatic carbocycles. The van der Waals surface area contributed by atoms with E-state index in [1.165, 1.54) is 0 Å². The summed E-state index contributed by atoms with van der Waals surface area (Å²) in [6.07, 6.45) is 0. The lowest BCUT2D eigenvalue weighted by atomic mass is 9.95. The predicted molar refractivity (Wildman–Crippen MR) is 79.5 cm³/mol. The summed E-state index contributed by atoms with van der Waals surface area (Å²) in [5.74, 6) is 1.14. The van der Waals surface area contributed by atoms with E-state index >= 15 is 0 Å². The topological polar surface area (TPSA) is 77.3 Å². The van der Waals surface area contributed by atoms with Crippen LogP contribution in [-0.4, -0.2) is 18.7 Å². The van der Waals surface area contributed by atoms with Crippen molar-refractivity contribution in [3.63, 3.8) is 0 Å². The molecule has 3 N–H and O–H groups in total. The van der Waals surface area contributed by atoms with Gasteiger partial charge in [-0.15, -0.1) is 0 Å². The number of methoxy groups -OCH3 is 1. The second-order valence-corrected chi connectivity index (χ2v) is 5.23. The average Bonchev–Trinajstić information content (AvgIpc) is 2.37. The number of nitrogens with two attached hydrogens (primary N) is 1. The van der Waals surface area contributed by atoms with Crippen molar-refractivity contribution in [3.8, 4) is 11.5 Å². The van der Waals surface area contributed by atoms with Gasteiger partial charge in [-0.05, 0) is 39.0 Å². The minimum absolute atomic E-state index is 0.209. The number of aromatic amines is 1. The van der Waals surface area contributed by atoms with E-state index in [0.29, 0.717) is 29.2 Å². The predicted octanol–water partition coefficient (Wildman–Crippen LogP) is 2.13. The smallest absolute Gasteiger partial charge is 0.253 e. The molecule has 20 heavy (non-hydrogen) atoms. The van der Waals surface area contributed by atoms with E-state index in [2.05, 4.69) is 4.98 Å². The molecule has 0 aliphatic rings. The van der Waals surface area contributed by atoms with Crippen LogP contribution in [0.4, 0.5) is 0 Å². The van der Waals surface area contributed by atoms with Gasteiger partial charge in [-0.2, -0.15) is 0 Å². The molecule has 0 atom stereocenters. The third kappa shape index (κ3) is 2.49. The molecule has 2 rings (SSSR count). The molecule has 5 nitrogen and oxygen atoms in total. The third-order valence-electron chi connectivity index (χ3n) is 3.14. The number of aromatic nitrogens is 1. The van der Waals surface area contributed by atoms with E-state index in [0.717, 1.165) is 5.39 Å². The summed E-state index contributed by atoms with van der Waals surface area (Å²) in [4.78, 5) is 15.1. The Morgan fingerprint density at radius 3 is 2.60 bits per heavy atom. The molecule has 0 bridgehead atoms. The van der Waals surface area contributed by atoms with Crippen molar-refractivity contribution >= 4 is 10.9 Å². The first-order chi connectivity index (χ1) is 9.38.